The number of rotatable bonds is 7. The largest absolute Gasteiger partial charge is 0.497 e. The topological polar surface area (TPSA) is 117 Å². The van der Waals surface area contributed by atoms with Crippen LogP contribution in [0.4, 0.5) is 11.6 Å². The van der Waals surface area contributed by atoms with Gasteiger partial charge in [0.05, 0.1) is 31.1 Å². The molecule has 0 aliphatic heterocycles. The second-order valence-corrected chi connectivity index (χ2v) is 7.64. The number of nitrogen functional groups attached to an aromatic ring is 1. The Kier molecular flexibility index (Phi) is 6.32. The Bertz CT molecular complexity index is 1370. The smallest absolute Gasteiger partial charge is 0.260 e. The molecule has 4 aromatic rings. The highest BCUT2D eigenvalue weighted by Crippen LogP contribution is 2.38. The first-order chi connectivity index (χ1) is 15.9. The van der Waals surface area contributed by atoms with E-state index in [1.165, 1.54) is 14.2 Å². The molecule has 33 heavy (non-hydrogen) atoms. The molecule has 3 aromatic heterocycles. The number of methoxy groups -OCH3 is 2. The molecule has 10 heteroatoms. The first kappa shape index (κ1) is 22.3. The van der Waals surface area contributed by atoms with Gasteiger partial charge in [-0.25, -0.2) is 4.98 Å². The fourth-order valence-electron chi connectivity index (χ4n) is 3.52. The van der Waals surface area contributed by atoms with Crippen molar-refractivity contribution in [2.24, 2.45) is 0 Å². The molecule has 0 radical (unpaired) electrons. The number of nitrogens with two attached hydrogens (primary N) is 1. The molecule has 0 aliphatic carbocycles. The number of aryl methyl sites for hydroxylation is 2. The third kappa shape index (κ3) is 4.40. The van der Waals surface area contributed by atoms with Crippen molar-refractivity contribution in [2.75, 3.05) is 32.3 Å². The Hall–Kier alpha value is -3.85. The molecule has 170 valence electrons. The van der Waals surface area contributed by atoms with Gasteiger partial charge in [-0.1, -0.05) is 11.6 Å². The minimum Gasteiger partial charge on any atom is -0.497 e. The van der Waals surface area contributed by atoms with Crippen molar-refractivity contribution in [3.8, 4) is 22.6 Å². The van der Waals surface area contributed by atoms with Crippen LogP contribution < -0.4 is 26.1 Å². The van der Waals surface area contributed by atoms with Gasteiger partial charge in [-0.05, 0) is 24.3 Å². The third-order valence-electron chi connectivity index (χ3n) is 5.25. The molecule has 0 bridgehead atoms. The van der Waals surface area contributed by atoms with Gasteiger partial charge in [-0.3, -0.25) is 14.3 Å². The quantitative estimate of drug-likeness (QED) is 0.425. The average molecular weight is 467 g/mol. The van der Waals surface area contributed by atoms with Crippen molar-refractivity contribution in [2.45, 2.75) is 13.0 Å². The van der Waals surface area contributed by atoms with Crippen molar-refractivity contribution >= 4 is 34.3 Å². The van der Waals surface area contributed by atoms with Crippen LogP contribution >= 0.6 is 11.6 Å². The normalized spacial score (nSPS) is 10.9. The molecule has 3 N–H and O–H groups in total. The van der Waals surface area contributed by atoms with Crippen molar-refractivity contribution in [1.29, 1.82) is 0 Å². The molecule has 0 unspecified atom stereocenters. The SMILES string of the molecule is CNc1ncc2cc(-c3cc(OC)cc(OC)c3Cl)c(=O)n(CCc3ccc(N)cn3)c2n1. The number of nitrogens with one attached hydrogen (secondary N) is 1. The Balaban J connectivity index is 1.91. The van der Waals surface area contributed by atoms with Crippen LogP contribution in [0.1, 0.15) is 5.69 Å². The number of benzene rings is 1. The molecule has 9 nitrogen and oxygen atoms in total. The summed E-state index contributed by atoms with van der Waals surface area (Å²) in [6.07, 6.45) is 3.77. The van der Waals surface area contributed by atoms with Crippen LogP contribution in [0.15, 0.2) is 47.5 Å². The number of anilines is 2. The number of pyridine rings is 2. The van der Waals surface area contributed by atoms with E-state index in [0.717, 1.165) is 5.69 Å². The Morgan fingerprint density at radius 3 is 2.58 bits per heavy atom. The molecular formula is C23H23ClN6O3. The van der Waals surface area contributed by atoms with Crippen molar-refractivity contribution in [1.82, 2.24) is 19.5 Å². The zero-order valence-electron chi connectivity index (χ0n) is 18.4. The molecular weight excluding hydrogens is 444 g/mol. The van der Waals surface area contributed by atoms with E-state index in [2.05, 4.69) is 20.3 Å². The predicted molar refractivity (Wildman–Crippen MR) is 129 cm³/mol. The van der Waals surface area contributed by atoms with Gasteiger partial charge in [0, 0.05) is 54.5 Å². The van der Waals surface area contributed by atoms with Crippen molar-refractivity contribution in [3.63, 3.8) is 0 Å². The summed E-state index contributed by atoms with van der Waals surface area (Å²) in [7, 11) is 4.77. The summed E-state index contributed by atoms with van der Waals surface area (Å²) in [6, 6.07) is 8.73. The summed E-state index contributed by atoms with van der Waals surface area (Å²) in [5, 5.41) is 3.91. The van der Waals surface area contributed by atoms with Gasteiger partial charge in [-0.15, -0.1) is 0 Å². The molecule has 4 rings (SSSR count). The Morgan fingerprint density at radius 2 is 1.91 bits per heavy atom. The number of hydrogen-bond donors (Lipinski definition) is 2. The summed E-state index contributed by atoms with van der Waals surface area (Å²) in [4.78, 5) is 26.9. The van der Waals surface area contributed by atoms with Gasteiger partial charge in [0.15, 0.2) is 0 Å². The number of ether oxygens (including phenoxy) is 2. The minimum absolute atomic E-state index is 0.254. The Labute approximate surface area is 195 Å². The summed E-state index contributed by atoms with van der Waals surface area (Å²) in [5.74, 6) is 1.34. The van der Waals surface area contributed by atoms with Crippen LogP contribution in [0.3, 0.4) is 0 Å². The van der Waals surface area contributed by atoms with Gasteiger partial charge < -0.3 is 20.5 Å². The second kappa shape index (κ2) is 9.33. The van der Waals surface area contributed by atoms with E-state index in [-0.39, 0.29) is 5.56 Å². The maximum atomic E-state index is 13.7. The standard InChI is InChI=1S/C23H23ClN6O3/c1-26-23-28-11-13-8-18(17-9-16(32-2)10-19(33-3)20(17)24)22(31)30(21(13)29-23)7-6-15-5-4-14(25)12-27-15/h4-5,8-12H,6-7,25H2,1-3H3,(H,26,28,29). The van der Waals surface area contributed by atoms with Gasteiger partial charge in [0.2, 0.25) is 5.95 Å². The van der Waals surface area contributed by atoms with Crippen LogP contribution in [-0.4, -0.2) is 40.8 Å². The van der Waals surface area contributed by atoms with E-state index in [9.17, 15) is 4.79 Å². The van der Waals surface area contributed by atoms with Gasteiger partial charge in [-0.2, -0.15) is 4.98 Å². The number of halogens is 1. The summed E-state index contributed by atoms with van der Waals surface area (Å²) in [6.45, 7) is 0.346. The highest BCUT2D eigenvalue weighted by molar-refractivity contribution is 6.35. The van der Waals surface area contributed by atoms with Crippen LogP contribution in [0.25, 0.3) is 22.2 Å². The van der Waals surface area contributed by atoms with E-state index in [4.69, 9.17) is 26.8 Å². The van der Waals surface area contributed by atoms with Gasteiger partial charge in [0.25, 0.3) is 5.56 Å². The lowest BCUT2D eigenvalue weighted by Gasteiger charge is -2.15. The van der Waals surface area contributed by atoms with Crippen LogP contribution in [-0.2, 0) is 13.0 Å². The highest BCUT2D eigenvalue weighted by Gasteiger charge is 2.19. The molecule has 0 aliphatic rings. The summed E-state index contributed by atoms with van der Waals surface area (Å²) < 4.78 is 12.4. The first-order valence-corrected chi connectivity index (χ1v) is 10.5. The number of aromatic nitrogens is 4. The molecule has 0 amide bonds. The van der Waals surface area contributed by atoms with E-state index < -0.39 is 0 Å². The summed E-state index contributed by atoms with van der Waals surface area (Å²) in [5.41, 5.74) is 8.25. The van der Waals surface area contributed by atoms with Crippen LogP contribution in [0, 0.1) is 0 Å². The van der Waals surface area contributed by atoms with Gasteiger partial charge in [0.1, 0.15) is 17.1 Å². The van der Waals surface area contributed by atoms with Crippen molar-refractivity contribution < 1.29 is 9.47 Å². The molecule has 0 saturated carbocycles. The maximum Gasteiger partial charge on any atom is 0.260 e. The van der Waals surface area contributed by atoms with E-state index in [0.29, 0.717) is 63.3 Å². The highest BCUT2D eigenvalue weighted by atomic mass is 35.5. The van der Waals surface area contributed by atoms with E-state index in [1.54, 1.807) is 48.3 Å². The zero-order chi connectivity index (χ0) is 23.5. The maximum absolute atomic E-state index is 13.7. The van der Waals surface area contributed by atoms with Crippen molar-refractivity contribution in [3.05, 3.63) is 63.8 Å². The third-order valence-corrected chi connectivity index (χ3v) is 5.64. The monoisotopic (exact) mass is 466 g/mol. The zero-order valence-corrected chi connectivity index (χ0v) is 19.2. The molecule has 0 atom stereocenters. The fourth-order valence-corrected chi connectivity index (χ4v) is 3.81. The van der Waals surface area contributed by atoms with E-state index in [1.807, 2.05) is 6.07 Å². The minimum atomic E-state index is -0.254. The second-order valence-electron chi connectivity index (χ2n) is 7.26. The lowest BCUT2D eigenvalue weighted by atomic mass is 10.0. The Morgan fingerprint density at radius 1 is 1.09 bits per heavy atom. The van der Waals surface area contributed by atoms with E-state index >= 15 is 0 Å². The molecule has 0 saturated heterocycles. The number of hydrogen-bond acceptors (Lipinski definition) is 8. The molecule has 3 heterocycles. The molecule has 0 fully saturated rings. The molecule has 1 aromatic carbocycles. The fraction of sp³-hybridized carbons (Fsp3) is 0.217. The van der Waals surface area contributed by atoms with Crippen LogP contribution in [0.5, 0.6) is 11.5 Å². The predicted octanol–water partition coefficient (Wildman–Crippen LogP) is 3.39. The lowest BCUT2D eigenvalue weighted by Crippen LogP contribution is -2.24. The number of fused-ring (bicyclic) bond motifs is 1. The average Bonchev–Trinajstić information content (AvgIpc) is 2.84. The van der Waals surface area contributed by atoms with Gasteiger partial charge >= 0.3 is 0 Å². The summed E-state index contributed by atoms with van der Waals surface area (Å²) >= 11 is 6.59. The number of nitrogens with zero attached hydrogens (tertiary/aromatic N) is 4. The molecule has 0 spiro atoms. The lowest BCUT2D eigenvalue weighted by molar-refractivity contribution is 0.395. The first-order valence-electron chi connectivity index (χ1n) is 10.2. The van der Waals surface area contributed by atoms with Crippen LogP contribution in [0.2, 0.25) is 5.02 Å².